The molecular formula is C8H8O5Zr. The first kappa shape index (κ1) is 15.5. The van der Waals surface area contributed by atoms with E-state index in [1.807, 2.05) is 0 Å². The van der Waals surface area contributed by atoms with Crippen LogP contribution in [0.2, 0.25) is 0 Å². The predicted molar refractivity (Wildman–Crippen MR) is 44.0 cm³/mol. The molecule has 0 atom stereocenters. The molecular weight excluding hydrogens is 267 g/mol. The zero-order chi connectivity index (χ0) is 9.14. The number of rotatable bonds is 2. The summed E-state index contributed by atoms with van der Waals surface area (Å²) in [5.41, 5.74) is 0.167. The zero-order valence-electron chi connectivity index (χ0n) is 7.02. The molecule has 0 aromatic heterocycles. The molecule has 0 fully saturated rings. The maximum Gasteiger partial charge on any atom is 0.335 e. The topological polar surface area (TPSA) is 106 Å². The van der Waals surface area contributed by atoms with Crippen molar-refractivity contribution >= 4 is 11.9 Å². The molecule has 14 heavy (non-hydrogen) atoms. The smallest absolute Gasteiger partial charge is 0.335 e. The average Bonchev–Trinajstić information content (AvgIpc) is 2.04. The molecule has 0 aliphatic carbocycles. The minimum Gasteiger partial charge on any atom is -0.478 e. The molecule has 0 aliphatic heterocycles. The summed E-state index contributed by atoms with van der Waals surface area (Å²) in [5, 5.41) is 16.9. The van der Waals surface area contributed by atoms with E-state index in [0.29, 0.717) is 0 Å². The summed E-state index contributed by atoms with van der Waals surface area (Å²) < 4.78 is 0. The van der Waals surface area contributed by atoms with Gasteiger partial charge in [-0.1, -0.05) is 0 Å². The van der Waals surface area contributed by atoms with E-state index in [1.54, 1.807) is 0 Å². The Morgan fingerprint density at radius 1 is 0.857 bits per heavy atom. The molecule has 4 N–H and O–H groups in total. The maximum atomic E-state index is 10.3. The van der Waals surface area contributed by atoms with Crippen molar-refractivity contribution in [1.29, 1.82) is 0 Å². The Bertz CT molecular complexity index is 286. The number of aromatic carboxylic acids is 2. The van der Waals surface area contributed by atoms with Gasteiger partial charge in [-0.15, -0.1) is 0 Å². The van der Waals surface area contributed by atoms with Crippen molar-refractivity contribution in [2.75, 3.05) is 0 Å². The van der Waals surface area contributed by atoms with Crippen molar-refractivity contribution in [3.63, 3.8) is 0 Å². The number of benzene rings is 1. The first-order valence-corrected chi connectivity index (χ1v) is 3.18. The van der Waals surface area contributed by atoms with Crippen LogP contribution in [0.1, 0.15) is 20.7 Å². The Balaban J connectivity index is 0. The van der Waals surface area contributed by atoms with Gasteiger partial charge in [0.1, 0.15) is 0 Å². The Hall–Kier alpha value is -0.997. The van der Waals surface area contributed by atoms with Crippen LogP contribution in [0.3, 0.4) is 0 Å². The van der Waals surface area contributed by atoms with Gasteiger partial charge in [0, 0.05) is 26.2 Å². The monoisotopic (exact) mass is 274 g/mol. The molecule has 5 nitrogen and oxygen atoms in total. The second-order valence-electron chi connectivity index (χ2n) is 2.19. The van der Waals surface area contributed by atoms with Crippen molar-refractivity contribution in [3.8, 4) is 0 Å². The van der Waals surface area contributed by atoms with Crippen LogP contribution < -0.4 is 0 Å². The van der Waals surface area contributed by atoms with Gasteiger partial charge in [0.25, 0.3) is 0 Å². The van der Waals surface area contributed by atoms with Gasteiger partial charge >= 0.3 is 11.9 Å². The summed E-state index contributed by atoms with van der Waals surface area (Å²) in [6.07, 6.45) is 0. The molecule has 0 radical (unpaired) electrons. The van der Waals surface area contributed by atoms with Crippen molar-refractivity contribution in [2.24, 2.45) is 0 Å². The van der Waals surface area contributed by atoms with E-state index in [1.165, 1.54) is 24.3 Å². The summed E-state index contributed by atoms with van der Waals surface area (Å²) in [4.78, 5) is 20.7. The van der Waals surface area contributed by atoms with Gasteiger partial charge in [0.15, 0.2) is 0 Å². The molecule has 74 valence electrons. The molecule has 0 unspecified atom stereocenters. The Kier molecular flexibility index (Phi) is 7.14. The van der Waals surface area contributed by atoms with E-state index < -0.39 is 11.9 Å². The van der Waals surface area contributed by atoms with E-state index in [9.17, 15) is 9.59 Å². The van der Waals surface area contributed by atoms with Crippen LogP contribution >= 0.6 is 0 Å². The SMILES string of the molecule is O.O=C(O)c1ccc(C(=O)O)cc1.[Zr]. The van der Waals surface area contributed by atoms with Crippen molar-refractivity contribution in [1.82, 2.24) is 0 Å². The van der Waals surface area contributed by atoms with E-state index in [0.717, 1.165) is 0 Å². The van der Waals surface area contributed by atoms with Crippen LogP contribution in [-0.4, -0.2) is 27.6 Å². The summed E-state index contributed by atoms with van der Waals surface area (Å²) in [5.74, 6) is -2.13. The van der Waals surface area contributed by atoms with Gasteiger partial charge in [-0.05, 0) is 24.3 Å². The van der Waals surface area contributed by atoms with Gasteiger partial charge < -0.3 is 15.7 Å². The van der Waals surface area contributed by atoms with E-state index >= 15 is 0 Å². The third-order valence-electron chi connectivity index (χ3n) is 1.38. The normalized spacial score (nSPS) is 8.00. The van der Waals surface area contributed by atoms with Gasteiger partial charge in [-0.3, -0.25) is 0 Å². The van der Waals surface area contributed by atoms with Crippen LogP contribution in [0.25, 0.3) is 0 Å². The first-order valence-electron chi connectivity index (χ1n) is 3.18. The predicted octanol–water partition coefficient (Wildman–Crippen LogP) is 0.256. The molecule has 0 saturated carbocycles. The van der Waals surface area contributed by atoms with Crippen LogP contribution in [0.15, 0.2) is 24.3 Å². The molecule has 6 heteroatoms. The zero-order valence-corrected chi connectivity index (χ0v) is 9.48. The third kappa shape index (κ3) is 3.81. The average molecular weight is 275 g/mol. The summed E-state index contributed by atoms with van der Waals surface area (Å²) in [6, 6.07) is 5.02. The fourth-order valence-electron chi connectivity index (χ4n) is 0.755. The number of carboxylic acid groups (broad SMARTS) is 2. The Morgan fingerprint density at radius 3 is 1.21 bits per heavy atom. The first-order chi connectivity index (χ1) is 5.61. The standard InChI is InChI=1S/C8H6O4.H2O.Zr/c9-7(10)5-1-2-6(4-3-5)8(11)12;;/h1-4H,(H,9,10)(H,11,12);1H2;. The quantitative estimate of drug-likeness (QED) is 0.807. The molecule has 0 bridgehead atoms. The van der Waals surface area contributed by atoms with Crippen molar-refractivity contribution < 1.29 is 51.5 Å². The molecule has 1 rings (SSSR count). The Labute approximate surface area is 98.8 Å². The number of carbonyl (C=O) groups is 2. The summed E-state index contributed by atoms with van der Waals surface area (Å²) >= 11 is 0. The minimum absolute atomic E-state index is 0. The van der Waals surface area contributed by atoms with Crippen LogP contribution in [-0.2, 0) is 26.2 Å². The van der Waals surface area contributed by atoms with Gasteiger partial charge in [0.05, 0.1) is 11.1 Å². The minimum atomic E-state index is -1.06. The number of carboxylic acids is 2. The fourth-order valence-corrected chi connectivity index (χ4v) is 0.755. The van der Waals surface area contributed by atoms with Crippen LogP contribution in [0.5, 0.6) is 0 Å². The van der Waals surface area contributed by atoms with Gasteiger partial charge in [-0.25, -0.2) is 9.59 Å². The molecule has 0 heterocycles. The van der Waals surface area contributed by atoms with E-state index in [4.69, 9.17) is 10.2 Å². The fraction of sp³-hybridized carbons (Fsp3) is 0. The van der Waals surface area contributed by atoms with Crippen LogP contribution in [0.4, 0.5) is 0 Å². The molecule has 0 amide bonds. The maximum absolute atomic E-state index is 10.3. The van der Waals surface area contributed by atoms with Gasteiger partial charge in [-0.2, -0.15) is 0 Å². The second-order valence-corrected chi connectivity index (χ2v) is 2.19. The summed E-state index contributed by atoms with van der Waals surface area (Å²) in [7, 11) is 0. The third-order valence-corrected chi connectivity index (χ3v) is 1.38. The molecule has 0 saturated heterocycles. The van der Waals surface area contributed by atoms with Crippen LogP contribution in [0, 0.1) is 0 Å². The van der Waals surface area contributed by atoms with E-state index in [-0.39, 0.29) is 42.8 Å². The molecule has 0 spiro atoms. The summed E-state index contributed by atoms with van der Waals surface area (Å²) in [6.45, 7) is 0. The van der Waals surface area contributed by atoms with Crippen molar-refractivity contribution in [3.05, 3.63) is 35.4 Å². The number of hydrogen-bond donors (Lipinski definition) is 2. The number of hydrogen-bond acceptors (Lipinski definition) is 2. The molecule has 0 aliphatic rings. The van der Waals surface area contributed by atoms with Gasteiger partial charge in [0.2, 0.25) is 0 Å². The Morgan fingerprint density at radius 2 is 1.07 bits per heavy atom. The largest absolute Gasteiger partial charge is 0.478 e. The second kappa shape index (κ2) is 6.46. The van der Waals surface area contributed by atoms with E-state index in [2.05, 4.69) is 0 Å². The van der Waals surface area contributed by atoms with Crippen molar-refractivity contribution in [2.45, 2.75) is 0 Å². The molecule has 1 aromatic carbocycles. The molecule has 1 aromatic rings.